The Hall–Kier alpha value is -1.57. The second-order valence-electron chi connectivity index (χ2n) is 5.15. The molecule has 0 aliphatic carbocycles. The zero-order valence-electron chi connectivity index (χ0n) is 13.1. The molecule has 2 heteroatoms. The zero-order chi connectivity index (χ0) is 15.1. The molecule has 0 radical (unpaired) electrons. The summed E-state index contributed by atoms with van der Waals surface area (Å²) in [5.41, 5.74) is 0. The Balaban J connectivity index is 3.63. The second kappa shape index (κ2) is 13.9. The summed E-state index contributed by atoms with van der Waals surface area (Å²) < 4.78 is 0. The molecule has 0 saturated heterocycles. The van der Waals surface area contributed by atoms with Gasteiger partial charge in [0.05, 0.1) is 0 Å². The van der Waals surface area contributed by atoms with Crippen molar-refractivity contribution in [3.63, 3.8) is 0 Å². The van der Waals surface area contributed by atoms with E-state index < -0.39 is 0 Å². The Morgan fingerprint density at radius 1 is 0.950 bits per heavy atom. The summed E-state index contributed by atoms with van der Waals surface area (Å²) in [6, 6.07) is 0. The van der Waals surface area contributed by atoms with Gasteiger partial charge in [0.2, 0.25) is 5.91 Å². The number of nitrogens with one attached hydrogen (secondary N) is 1. The first kappa shape index (κ1) is 18.4. The number of hydrogen-bond acceptors (Lipinski definition) is 1. The predicted molar refractivity (Wildman–Crippen MR) is 88.5 cm³/mol. The van der Waals surface area contributed by atoms with E-state index in [2.05, 4.69) is 56.5 Å². The maximum atomic E-state index is 11.4. The number of rotatable bonds is 10. The molecule has 0 saturated carbocycles. The Morgan fingerprint density at radius 3 is 2.05 bits per heavy atom. The molecule has 0 spiro atoms. The highest BCUT2D eigenvalue weighted by atomic mass is 16.1. The van der Waals surface area contributed by atoms with Crippen LogP contribution in [0.4, 0.5) is 0 Å². The van der Waals surface area contributed by atoms with Crippen LogP contribution in [0, 0.1) is 5.92 Å². The molecule has 20 heavy (non-hydrogen) atoms. The first-order valence-electron chi connectivity index (χ1n) is 7.59. The second-order valence-corrected chi connectivity index (χ2v) is 5.15. The fourth-order valence-electron chi connectivity index (χ4n) is 1.39. The van der Waals surface area contributed by atoms with Gasteiger partial charge in [-0.1, -0.05) is 69.7 Å². The molecule has 1 amide bonds. The number of allylic oxidation sites excluding steroid dienone is 7. The van der Waals surface area contributed by atoms with Gasteiger partial charge in [0.1, 0.15) is 0 Å². The Kier molecular flexibility index (Phi) is 12.8. The lowest BCUT2D eigenvalue weighted by Crippen LogP contribution is -2.25. The van der Waals surface area contributed by atoms with Gasteiger partial charge in [-0.2, -0.15) is 0 Å². The highest BCUT2D eigenvalue weighted by molar-refractivity contribution is 5.87. The largest absolute Gasteiger partial charge is 0.352 e. The van der Waals surface area contributed by atoms with E-state index in [1.165, 1.54) is 6.42 Å². The standard InChI is InChI=1S/C18H29NO/c1-4-5-6-7-8-9-10-11-12-13-14-15-18(20)19-16-17(2)3/h6-9,12-15,17H,4-5,10-11,16H2,1-3H3,(H,19,20)/b7-6?,9-8?,13-12+,15-14+. The van der Waals surface area contributed by atoms with Crippen molar-refractivity contribution in [2.75, 3.05) is 6.54 Å². The lowest BCUT2D eigenvalue weighted by Gasteiger charge is -2.03. The Morgan fingerprint density at radius 2 is 1.50 bits per heavy atom. The zero-order valence-corrected chi connectivity index (χ0v) is 13.1. The Bertz CT molecular complexity index is 348. The maximum Gasteiger partial charge on any atom is 0.243 e. The molecule has 2 nitrogen and oxygen atoms in total. The molecular weight excluding hydrogens is 246 g/mol. The van der Waals surface area contributed by atoms with Crippen LogP contribution in [-0.4, -0.2) is 12.5 Å². The minimum atomic E-state index is -0.0238. The molecule has 1 N–H and O–H groups in total. The van der Waals surface area contributed by atoms with Gasteiger partial charge >= 0.3 is 0 Å². The summed E-state index contributed by atoms with van der Waals surface area (Å²) >= 11 is 0. The van der Waals surface area contributed by atoms with Crippen LogP contribution in [0.1, 0.15) is 46.5 Å². The summed E-state index contributed by atoms with van der Waals surface area (Å²) in [7, 11) is 0. The summed E-state index contributed by atoms with van der Waals surface area (Å²) in [5.74, 6) is 0.463. The van der Waals surface area contributed by atoms with Crippen LogP contribution < -0.4 is 5.32 Å². The van der Waals surface area contributed by atoms with E-state index in [-0.39, 0.29) is 5.91 Å². The molecule has 0 unspecified atom stereocenters. The predicted octanol–water partition coefficient (Wildman–Crippen LogP) is 4.56. The SMILES string of the molecule is CCCC=CC=CCC/C=C/C=C/C(=O)NCC(C)C. The summed E-state index contributed by atoms with van der Waals surface area (Å²) in [5, 5.41) is 2.84. The lowest BCUT2D eigenvalue weighted by atomic mass is 10.2. The van der Waals surface area contributed by atoms with Gasteiger partial charge in [-0.05, 0) is 25.2 Å². The molecule has 0 aliphatic rings. The maximum absolute atomic E-state index is 11.4. The van der Waals surface area contributed by atoms with Crippen LogP contribution in [0.5, 0.6) is 0 Å². The molecule has 0 fully saturated rings. The molecule has 0 aromatic carbocycles. The minimum Gasteiger partial charge on any atom is -0.352 e. The normalized spacial score (nSPS) is 12.6. The monoisotopic (exact) mass is 275 g/mol. The van der Waals surface area contributed by atoms with Crippen molar-refractivity contribution in [2.45, 2.75) is 46.5 Å². The molecule has 0 aromatic rings. The highest BCUT2D eigenvalue weighted by Gasteiger charge is 1.95. The third kappa shape index (κ3) is 14.5. The van der Waals surface area contributed by atoms with Gasteiger partial charge in [0.25, 0.3) is 0 Å². The molecule has 0 rings (SSSR count). The van der Waals surface area contributed by atoms with Crippen molar-refractivity contribution in [2.24, 2.45) is 5.92 Å². The molecule has 0 atom stereocenters. The van der Waals surface area contributed by atoms with E-state index in [9.17, 15) is 4.79 Å². The highest BCUT2D eigenvalue weighted by Crippen LogP contribution is 1.95. The number of amides is 1. The van der Waals surface area contributed by atoms with Crippen LogP contribution in [0.15, 0.2) is 48.6 Å². The molecule has 0 heterocycles. The number of hydrogen-bond donors (Lipinski definition) is 1. The van der Waals surface area contributed by atoms with Gasteiger partial charge in [-0.25, -0.2) is 0 Å². The van der Waals surface area contributed by atoms with Gasteiger partial charge in [-0.3, -0.25) is 4.79 Å². The van der Waals surface area contributed by atoms with Crippen LogP contribution in [0.3, 0.4) is 0 Å². The van der Waals surface area contributed by atoms with E-state index in [0.717, 1.165) is 25.8 Å². The Labute approximate surface area is 124 Å². The van der Waals surface area contributed by atoms with Crippen LogP contribution in [0.2, 0.25) is 0 Å². The summed E-state index contributed by atoms with van der Waals surface area (Å²) in [4.78, 5) is 11.4. The lowest BCUT2D eigenvalue weighted by molar-refractivity contribution is -0.116. The first-order valence-corrected chi connectivity index (χ1v) is 7.59. The van der Waals surface area contributed by atoms with Crippen molar-refractivity contribution in [3.05, 3.63) is 48.6 Å². The van der Waals surface area contributed by atoms with Gasteiger partial charge in [0, 0.05) is 12.6 Å². The van der Waals surface area contributed by atoms with E-state index in [1.807, 2.05) is 6.08 Å². The molecular formula is C18H29NO. The topological polar surface area (TPSA) is 29.1 Å². The third-order valence-corrected chi connectivity index (χ3v) is 2.52. The fraction of sp³-hybridized carbons (Fsp3) is 0.500. The summed E-state index contributed by atoms with van der Waals surface area (Å²) in [6.07, 6.45) is 20.3. The van der Waals surface area contributed by atoms with E-state index in [1.54, 1.807) is 12.2 Å². The van der Waals surface area contributed by atoms with Crippen molar-refractivity contribution >= 4 is 5.91 Å². The number of carbonyl (C=O) groups excluding carboxylic acids is 1. The first-order chi connectivity index (χ1) is 9.66. The third-order valence-electron chi connectivity index (χ3n) is 2.52. The minimum absolute atomic E-state index is 0.0238. The van der Waals surface area contributed by atoms with Crippen molar-refractivity contribution < 1.29 is 4.79 Å². The van der Waals surface area contributed by atoms with Crippen LogP contribution in [0.25, 0.3) is 0 Å². The number of unbranched alkanes of at least 4 members (excludes halogenated alkanes) is 2. The van der Waals surface area contributed by atoms with E-state index in [4.69, 9.17) is 0 Å². The van der Waals surface area contributed by atoms with E-state index in [0.29, 0.717) is 5.92 Å². The van der Waals surface area contributed by atoms with Crippen molar-refractivity contribution in [1.29, 1.82) is 0 Å². The van der Waals surface area contributed by atoms with Crippen LogP contribution >= 0.6 is 0 Å². The van der Waals surface area contributed by atoms with E-state index >= 15 is 0 Å². The molecule has 0 bridgehead atoms. The average Bonchev–Trinajstić information content (AvgIpc) is 2.42. The molecule has 0 aromatic heterocycles. The smallest absolute Gasteiger partial charge is 0.243 e. The van der Waals surface area contributed by atoms with Gasteiger partial charge in [-0.15, -0.1) is 0 Å². The van der Waals surface area contributed by atoms with Crippen molar-refractivity contribution in [1.82, 2.24) is 5.32 Å². The molecule has 112 valence electrons. The quantitative estimate of drug-likeness (QED) is 0.353. The molecule has 0 aliphatic heterocycles. The van der Waals surface area contributed by atoms with Gasteiger partial charge in [0.15, 0.2) is 0 Å². The van der Waals surface area contributed by atoms with Crippen molar-refractivity contribution in [3.8, 4) is 0 Å². The fourth-order valence-corrected chi connectivity index (χ4v) is 1.39. The van der Waals surface area contributed by atoms with Gasteiger partial charge < -0.3 is 5.32 Å². The average molecular weight is 275 g/mol. The van der Waals surface area contributed by atoms with Crippen LogP contribution in [-0.2, 0) is 4.79 Å². The summed E-state index contributed by atoms with van der Waals surface area (Å²) in [6.45, 7) is 7.06. The number of carbonyl (C=O) groups is 1.